The molecule has 0 saturated heterocycles. The number of aromatic amines is 1. The van der Waals surface area contributed by atoms with Crippen LogP contribution in [0.5, 0.6) is 11.5 Å². The second-order valence-corrected chi connectivity index (χ2v) is 7.25. The number of ether oxygens (including phenoxy) is 2. The molecule has 4 aromatic rings. The largest absolute Gasteiger partial charge is 0.493 e. The molecule has 0 atom stereocenters. The summed E-state index contributed by atoms with van der Waals surface area (Å²) in [5, 5.41) is 8.40. The van der Waals surface area contributed by atoms with E-state index in [0.29, 0.717) is 17.8 Å². The number of hydrogen-bond acceptors (Lipinski definition) is 6. The van der Waals surface area contributed by atoms with Crippen molar-refractivity contribution in [1.82, 2.24) is 14.8 Å². The maximum absolute atomic E-state index is 10.7. The molecule has 0 aliphatic heterocycles. The molecule has 2 N–H and O–H groups in total. The summed E-state index contributed by atoms with van der Waals surface area (Å²) in [4.78, 5) is 22.9. The van der Waals surface area contributed by atoms with Gasteiger partial charge in [0.15, 0.2) is 11.5 Å². The van der Waals surface area contributed by atoms with Gasteiger partial charge in [0, 0.05) is 38.8 Å². The van der Waals surface area contributed by atoms with Gasteiger partial charge in [0.25, 0.3) is 0 Å². The summed E-state index contributed by atoms with van der Waals surface area (Å²) in [5.41, 5.74) is 4.42. The fourth-order valence-electron chi connectivity index (χ4n) is 2.84. The number of fused-ring (bicyclic) bond motifs is 1. The van der Waals surface area contributed by atoms with Crippen LogP contribution in [0.1, 0.15) is 18.2 Å². The molecule has 2 heterocycles. The van der Waals surface area contributed by atoms with Crippen molar-refractivity contribution in [3.63, 3.8) is 0 Å². The SMILES string of the molecule is C=CC=O.CNc1cccc2cc[nH]c12.COc1ccc(C)cc1OC(C)=O.Cc1ccn(C)n1. The van der Waals surface area contributed by atoms with Gasteiger partial charge in [0.05, 0.1) is 24.0 Å². The van der Waals surface area contributed by atoms with Crippen LogP contribution in [0.4, 0.5) is 5.69 Å². The highest BCUT2D eigenvalue weighted by Gasteiger charge is 2.06. The van der Waals surface area contributed by atoms with Gasteiger partial charge in [-0.25, -0.2) is 0 Å². The number of aryl methyl sites for hydroxylation is 3. The zero-order valence-corrected chi connectivity index (χ0v) is 21.2. The Bertz CT molecular complexity index is 1190. The molecule has 0 amide bonds. The normalized spacial score (nSPS) is 9.20. The molecule has 0 fully saturated rings. The van der Waals surface area contributed by atoms with Crippen LogP contribution < -0.4 is 14.8 Å². The molecule has 0 aliphatic carbocycles. The highest BCUT2D eigenvalue weighted by atomic mass is 16.6. The van der Waals surface area contributed by atoms with Crippen molar-refractivity contribution in [3.8, 4) is 11.5 Å². The minimum atomic E-state index is -0.344. The molecule has 0 unspecified atom stereocenters. The predicted molar refractivity (Wildman–Crippen MR) is 141 cm³/mol. The Labute approximate surface area is 206 Å². The zero-order valence-electron chi connectivity index (χ0n) is 21.2. The van der Waals surface area contributed by atoms with Gasteiger partial charge in [0.2, 0.25) is 0 Å². The Kier molecular flexibility index (Phi) is 12.7. The molecule has 0 spiro atoms. The van der Waals surface area contributed by atoms with Crippen molar-refractivity contribution in [3.05, 3.63) is 84.8 Å². The van der Waals surface area contributed by atoms with E-state index in [0.717, 1.165) is 16.9 Å². The molecule has 35 heavy (non-hydrogen) atoms. The standard InChI is InChI=1S/C10H12O3.C9H10N2.C5H8N2.C3H4O/c1-7-4-5-9(12-3)10(6-7)13-8(2)11;1-10-8-4-2-3-7-5-6-11-9(7)8;1-5-3-4-7(2)6-5;1-2-3-4/h4-6H,1-3H3;2-6,10-11H,1H3;3-4H,1-2H3;2-3H,1H2. The topological polar surface area (TPSA) is 98.2 Å². The van der Waals surface area contributed by atoms with E-state index in [2.05, 4.69) is 40.2 Å². The van der Waals surface area contributed by atoms with Crippen LogP contribution in [0.3, 0.4) is 0 Å². The third kappa shape index (κ3) is 10.4. The number of para-hydroxylation sites is 1. The van der Waals surface area contributed by atoms with Crippen LogP contribution in [-0.2, 0) is 16.6 Å². The number of esters is 1. The number of carbonyl (C=O) groups is 2. The van der Waals surface area contributed by atoms with Crippen molar-refractivity contribution in [1.29, 1.82) is 0 Å². The number of carbonyl (C=O) groups excluding carboxylic acids is 2. The lowest BCUT2D eigenvalue weighted by Gasteiger charge is -2.07. The summed E-state index contributed by atoms with van der Waals surface area (Å²) in [6.45, 7) is 8.37. The van der Waals surface area contributed by atoms with E-state index in [1.165, 1.54) is 31.0 Å². The maximum atomic E-state index is 10.7. The minimum Gasteiger partial charge on any atom is -0.493 e. The molecule has 0 aliphatic rings. The number of aldehydes is 1. The monoisotopic (exact) mass is 478 g/mol. The number of H-pyrrole nitrogens is 1. The molecule has 2 aromatic carbocycles. The third-order valence-electron chi connectivity index (χ3n) is 4.37. The van der Waals surface area contributed by atoms with Gasteiger partial charge in [-0.05, 0) is 55.8 Å². The van der Waals surface area contributed by atoms with Crippen molar-refractivity contribution in [2.24, 2.45) is 7.05 Å². The first-order valence-corrected chi connectivity index (χ1v) is 10.8. The van der Waals surface area contributed by atoms with Gasteiger partial charge in [0.1, 0.15) is 6.29 Å². The molecule has 2 aromatic heterocycles. The molecular formula is C27H34N4O4. The zero-order chi connectivity index (χ0) is 26.2. The lowest BCUT2D eigenvalue weighted by Crippen LogP contribution is -2.03. The smallest absolute Gasteiger partial charge is 0.308 e. The summed E-state index contributed by atoms with van der Waals surface area (Å²) in [6, 6.07) is 15.7. The molecular weight excluding hydrogens is 444 g/mol. The summed E-state index contributed by atoms with van der Waals surface area (Å²) < 4.78 is 11.8. The number of aromatic nitrogens is 3. The third-order valence-corrected chi connectivity index (χ3v) is 4.37. The number of benzene rings is 2. The van der Waals surface area contributed by atoms with Gasteiger partial charge in [-0.3, -0.25) is 14.3 Å². The molecule has 0 saturated carbocycles. The quantitative estimate of drug-likeness (QED) is 0.180. The molecule has 4 rings (SSSR count). The van der Waals surface area contributed by atoms with Crippen molar-refractivity contribution >= 4 is 28.8 Å². The lowest BCUT2D eigenvalue weighted by molar-refractivity contribution is -0.132. The number of hydrogen-bond donors (Lipinski definition) is 2. The van der Waals surface area contributed by atoms with E-state index in [1.54, 1.807) is 16.8 Å². The Hall–Kier alpha value is -4.33. The van der Waals surface area contributed by atoms with Crippen LogP contribution >= 0.6 is 0 Å². The van der Waals surface area contributed by atoms with E-state index in [-0.39, 0.29) is 5.97 Å². The lowest BCUT2D eigenvalue weighted by atomic mass is 10.2. The fourth-order valence-corrected chi connectivity index (χ4v) is 2.84. The van der Waals surface area contributed by atoms with Crippen LogP contribution in [0.25, 0.3) is 10.9 Å². The Morgan fingerprint density at radius 1 is 1.14 bits per heavy atom. The van der Waals surface area contributed by atoms with E-state index in [9.17, 15) is 4.79 Å². The predicted octanol–water partition coefficient (Wildman–Crippen LogP) is 5.24. The van der Waals surface area contributed by atoms with Crippen molar-refractivity contribution in [2.75, 3.05) is 19.5 Å². The minimum absolute atomic E-state index is 0.344. The second kappa shape index (κ2) is 15.5. The molecule has 0 bridgehead atoms. The first-order valence-electron chi connectivity index (χ1n) is 10.8. The molecule has 186 valence electrons. The number of rotatable bonds is 4. The van der Waals surface area contributed by atoms with Crippen molar-refractivity contribution < 1.29 is 19.1 Å². The number of anilines is 1. The van der Waals surface area contributed by atoms with Crippen LogP contribution in [-0.4, -0.2) is 41.2 Å². The van der Waals surface area contributed by atoms with E-state index in [1.807, 2.05) is 58.5 Å². The molecule has 8 nitrogen and oxygen atoms in total. The van der Waals surface area contributed by atoms with Gasteiger partial charge < -0.3 is 19.8 Å². The molecule has 8 heteroatoms. The van der Waals surface area contributed by atoms with E-state index >= 15 is 0 Å². The van der Waals surface area contributed by atoms with Gasteiger partial charge in [-0.2, -0.15) is 5.10 Å². The summed E-state index contributed by atoms with van der Waals surface area (Å²) >= 11 is 0. The van der Waals surface area contributed by atoms with Crippen LogP contribution in [0.2, 0.25) is 0 Å². The average Bonchev–Trinajstić information content (AvgIpc) is 3.47. The molecule has 0 radical (unpaired) electrons. The van der Waals surface area contributed by atoms with E-state index < -0.39 is 0 Å². The van der Waals surface area contributed by atoms with Crippen LogP contribution in [0, 0.1) is 13.8 Å². The number of nitrogens with one attached hydrogen (secondary N) is 2. The summed E-state index contributed by atoms with van der Waals surface area (Å²) in [6.07, 6.45) is 5.71. The van der Waals surface area contributed by atoms with Crippen LogP contribution in [0.15, 0.2) is 73.6 Å². The summed E-state index contributed by atoms with van der Waals surface area (Å²) in [7, 11) is 5.38. The summed E-state index contributed by atoms with van der Waals surface area (Å²) in [5.74, 6) is 0.694. The van der Waals surface area contributed by atoms with Gasteiger partial charge >= 0.3 is 5.97 Å². The Morgan fingerprint density at radius 3 is 2.34 bits per heavy atom. The average molecular weight is 479 g/mol. The van der Waals surface area contributed by atoms with Gasteiger partial charge in [-0.1, -0.05) is 24.8 Å². The highest BCUT2D eigenvalue weighted by molar-refractivity contribution is 5.90. The Morgan fingerprint density at radius 2 is 1.86 bits per heavy atom. The fraction of sp³-hybridized carbons (Fsp3) is 0.222. The van der Waals surface area contributed by atoms with Crippen molar-refractivity contribution in [2.45, 2.75) is 20.8 Å². The first kappa shape index (κ1) is 28.7. The number of nitrogens with zero attached hydrogens (tertiary/aromatic N) is 2. The highest BCUT2D eigenvalue weighted by Crippen LogP contribution is 2.27. The van der Waals surface area contributed by atoms with Gasteiger partial charge in [-0.15, -0.1) is 0 Å². The Balaban J connectivity index is 0.000000252. The first-order chi connectivity index (χ1) is 16.7. The van der Waals surface area contributed by atoms with E-state index in [4.69, 9.17) is 14.3 Å². The number of methoxy groups -OCH3 is 1. The maximum Gasteiger partial charge on any atom is 0.308 e. The second-order valence-electron chi connectivity index (χ2n) is 7.25. The number of allylic oxidation sites excluding steroid dienone is 1.